The summed E-state index contributed by atoms with van der Waals surface area (Å²) >= 11 is 3.29. The average molecular weight is 317 g/mol. The molecule has 2 heterocycles. The van der Waals surface area contributed by atoms with Gasteiger partial charge in [-0.05, 0) is 28.3 Å². The van der Waals surface area contributed by atoms with Gasteiger partial charge in [-0.1, -0.05) is 13.8 Å². The second kappa shape index (κ2) is 5.95. The van der Waals surface area contributed by atoms with Crippen LogP contribution in [0.5, 0.6) is 0 Å². The molecule has 1 aromatic heterocycles. The predicted molar refractivity (Wildman–Crippen MR) is 70.6 cm³/mol. The first-order chi connectivity index (χ1) is 8.58. The van der Waals surface area contributed by atoms with Crippen LogP contribution < -0.4 is 5.56 Å². The van der Waals surface area contributed by atoms with Crippen LogP contribution in [0.4, 0.5) is 0 Å². The van der Waals surface area contributed by atoms with Gasteiger partial charge in [0, 0.05) is 0 Å². The first kappa shape index (κ1) is 13.7. The molecule has 0 aliphatic carbocycles. The fourth-order valence-electron chi connectivity index (χ4n) is 1.84. The van der Waals surface area contributed by atoms with Crippen LogP contribution in [0.3, 0.4) is 0 Å². The van der Waals surface area contributed by atoms with Gasteiger partial charge in [0.05, 0.1) is 25.5 Å². The highest BCUT2D eigenvalue weighted by Gasteiger charge is 2.21. The first-order valence-electron chi connectivity index (χ1n) is 6.06. The van der Waals surface area contributed by atoms with E-state index in [0.717, 1.165) is 12.1 Å². The molecule has 1 fully saturated rings. The molecule has 0 spiro atoms. The Morgan fingerprint density at radius 3 is 2.89 bits per heavy atom. The summed E-state index contributed by atoms with van der Waals surface area (Å²) in [5.74, 6) is 0.991. The molecule has 18 heavy (non-hydrogen) atoms. The number of ether oxygens (including phenoxy) is 2. The second-order valence-electron chi connectivity index (χ2n) is 4.74. The third-order valence-electron chi connectivity index (χ3n) is 2.67. The number of nitrogens with one attached hydrogen (secondary N) is 1. The van der Waals surface area contributed by atoms with Gasteiger partial charge < -0.3 is 14.5 Å². The molecule has 5 nitrogen and oxygen atoms in total. The van der Waals surface area contributed by atoms with Crippen molar-refractivity contribution in [2.24, 2.45) is 5.92 Å². The van der Waals surface area contributed by atoms with Crippen molar-refractivity contribution < 1.29 is 9.47 Å². The van der Waals surface area contributed by atoms with Gasteiger partial charge in [-0.2, -0.15) is 0 Å². The molecule has 6 heteroatoms. The Morgan fingerprint density at radius 2 is 2.28 bits per heavy atom. The minimum atomic E-state index is -0.273. The maximum absolute atomic E-state index is 11.8. The zero-order valence-corrected chi connectivity index (χ0v) is 12.1. The Kier molecular flexibility index (Phi) is 4.53. The highest BCUT2D eigenvalue weighted by molar-refractivity contribution is 9.10. The Bertz CT molecular complexity index is 467. The van der Waals surface area contributed by atoms with Crippen LogP contribution in [0.1, 0.15) is 31.5 Å². The lowest BCUT2D eigenvalue weighted by atomic mass is 10.1. The van der Waals surface area contributed by atoms with Gasteiger partial charge in [0.2, 0.25) is 0 Å². The Hall–Kier alpha value is -0.720. The molecule has 1 unspecified atom stereocenters. The van der Waals surface area contributed by atoms with Crippen LogP contribution in [0, 0.1) is 5.92 Å². The lowest BCUT2D eigenvalue weighted by Gasteiger charge is -2.22. The molecule has 0 amide bonds. The number of hydrogen-bond donors (Lipinski definition) is 1. The molecule has 1 atom stereocenters. The van der Waals surface area contributed by atoms with Crippen molar-refractivity contribution in [1.29, 1.82) is 0 Å². The van der Waals surface area contributed by atoms with Crippen LogP contribution in [-0.4, -0.2) is 29.8 Å². The SMILES string of the molecule is CC(C)Cc1nc(C2COCCO2)[nH]c(=O)c1Br. The van der Waals surface area contributed by atoms with Crippen molar-refractivity contribution in [2.75, 3.05) is 19.8 Å². The highest BCUT2D eigenvalue weighted by Crippen LogP contribution is 2.20. The van der Waals surface area contributed by atoms with E-state index in [4.69, 9.17) is 9.47 Å². The summed E-state index contributed by atoms with van der Waals surface area (Å²) in [6.45, 7) is 5.75. The minimum Gasteiger partial charge on any atom is -0.376 e. The lowest BCUT2D eigenvalue weighted by Crippen LogP contribution is -2.27. The van der Waals surface area contributed by atoms with E-state index in [0.29, 0.717) is 36.0 Å². The molecule has 1 saturated heterocycles. The molecule has 0 radical (unpaired) electrons. The molecule has 2 rings (SSSR count). The molecule has 1 aromatic rings. The number of hydrogen-bond acceptors (Lipinski definition) is 4. The zero-order chi connectivity index (χ0) is 13.1. The number of aromatic nitrogens is 2. The quantitative estimate of drug-likeness (QED) is 0.923. The number of aromatic amines is 1. The number of H-pyrrole nitrogens is 1. The van der Waals surface area contributed by atoms with Crippen molar-refractivity contribution in [1.82, 2.24) is 9.97 Å². The third-order valence-corrected chi connectivity index (χ3v) is 3.49. The second-order valence-corrected chi connectivity index (χ2v) is 5.54. The van der Waals surface area contributed by atoms with E-state index in [1.807, 2.05) is 0 Å². The zero-order valence-electron chi connectivity index (χ0n) is 10.5. The fraction of sp³-hybridized carbons (Fsp3) is 0.667. The molecule has 0 aromatic carbocycles. The smallest absolute Gasteiger partial charge is 0.265 e. The Morgan fingerprint density at radius 1 is 1.50 bits per heavy atom. The van der Waals surface area contributed by atoms with Crippen molar-refractivity contribution in [3.8, 4) is 0 Å². The Labute approximate surface area is 114 Å². The van der Waals surface area contributed by atoms with Crippen LogP contribution >= 0.6 is 15.9 Å². The normalized spacial score (nSPS) is 20.3. The molecule has 0 saturated carbocycles. The molecular formula is C12H17BrN2O3. The maximum atomic E-state index is 11.8. The number of nitrogens with zero attached hydrogens (tertiary/aromatic N) is 1. The monoisotopic (exact) mass is 316 g/mol. The van der Waals surface area contributed by atoms with Crippen LogP contribution in [0.15, 0.2) is 9.27 Å². The van der Waals surface area contributed by atoms with E-state index in [2.05, 4.69) is 39.7 Å². The van der Waals surface area contributed by atoms with Crippen LogP contribution in [-0.2, 0) is 15.9 Å². The standard InChI is InChI=1S/C12H17BrN2O3/c1-7(2)5-8-10(13)12(16)15-11(14-8)9-6-17-3-4-18-9/h7,9H,3-6H2,1-2H3,(H,14,15,16). The average Bonchev–Trinajstić information content (AvgIpc) is 2.35. The van der Waals surface area contributed by atoms with Crippen molar-refractivity contribution in [3.05, 3.63) is 26.3 Å². The van der Waals surface area contributed by atoms with Gasteiger partial charge in [-0.25, -0.2) is 4.98 Å². The lowest BCUT2D eigenvalue weighted by molar-refractivity contribution is -0.0937. The summed E-state index contributed by atoms with van der Waals surface area (Å²) in [4.78, 5) is 19.1. The van der Waals surface area contributed by atoms with Crippen molar-refractivity contribution in [3.63, 3.8) is 0 Å². The van der Waals surface area contributed by atoms with E-state index in [9.17, 15) is 4.79 Å². The van der Waals surface area contributed by atoms with Crippen molar-refractivity contribution in [2.45, 2.75) is 26.4 Å². The predicted octanol–water partition coefficient (Wildman–Crippen LogP) is 1.82. The summed E-state index contributed by atoms with van der Waals surface area (Å²) < 4.78 is 11.4. The first-order valence-corrected chi connectivity index (χ1v) is 6.85. The fourth-order valence-corrected chi connectivity index (χ4v) is 2.19. The van der Waals surface area contributed by atoms with Crippen molar-refractivity contribution >= 4 is 15.9 Å². The van der Waals surface area contributed by atoms with Gasteiger partial charge in [0.15, 0.2) is 0 Å². The summed E-state index contributed by atoms with van der Waals surface area (Å²) in [6.07, 6.45) is 0.482. The molecule has 1 N–H and O–H groups in total. The van der Waals surface area contributed by atoms with Gasteiger partial charge in [-0.15, -0.1) is 0 Å². The summed E-state index contributed by atoms with van der Waals surface area (Å²) in [6, 6.07) is 0. The summed E-state index contributed by atoms with van der Waals surface area (Å²) in [7, 11) is 0. The van der Waals surface area contributed by atoms with E-state index in [1.165, 1.54) is 0 Å². The molecule has 0 bridgehead atoms. The summed E-state index contributed by atoms with van der Waals surface area (Å²) in [5.41, 5.74) is 0.614. The molecule has 100 valence electrons. The van der Waals surface area contributed by atoms with E-state index in [-0.39, 0.29) is 11.7 Å². The van der Waals surface area contributed by atoms with Crippen LogP contribution in [0.2, 0.25) is 0 Å². The van der Waals surface area contributed by atoms with E-state index < -0.39 is 0 Å². The largest absolute Gasteiger partial charge is 0.376 e. The Balaban J connectivity index is 2.30. The third kappa shape index (κ3) is 3.18. The van der Waals surface area contributed by atoms with Gasteiger partial charge in [-0.3, -0.25) is 4.79 Å². The van der Waals surface area contributed by atoms with Gasteiger partial charge in [0.25, 0.3) is 5.56 Å². The van der Waals surface area contributed by atoms with Crippen LogP contribution in [0.25, 0.3) is 0 Å². The number of rotatable bonds is 3. The molecule has 1 aliphatic rings. The molecule has 1 aliphatic heterocycles. The highest BCUT2D eigenvalue weighted by atomic mass is 79.9. The van der Waals surface area contributed by atoms with Gasteiger partial charge in [0.1, 0.15) is 16.4 Å². The van der Waals surface area contributed by atoms with E-state index >= 15 is 0 Å². The minimum absolute atomic E-state index is 0.162. The van der Waals surface area contributed by atoms with Gasteiger partial charge >= 0.3 is 0 Å². The van der Waals surface area contributed by atoms with E-state index in [1.54, 1.807) is 0 Å². The summed E-state index contributed by atoms with van der Waals surface area (Å²) in [5, 5.41) is 0. The number of halogens is 1. The topological polar surface area (TPSA) is 64.2 Å². The molecular weight excluding hydrogens is 300 g/mol. The maximum Gasteiger partial charge on any atom is 0.265 e.